The van der Waals surface area contributed by atoms with Crippen molar-refractivity contribution in [3.63, 3.8) is 0 Å². The van der Waals surface area contributed by atoms with Crippen LogP contribution in [0.1, 0.15) is 29.0 Å². The van der Waals surface area contributed by atoms with Gasteiger partial charge in [0.2, 0.25) is 0 Å². The van der Waals surface area contributed by atoms with Crippen LogP contribution in [0.15, 0.2) is 72.3 Å². The minimum atomic E-state index is 0.133. The Labute approximate surface area is 132 Å². The molecule has 0 radical (unpaired) electrons. The van der Waals surface area contributed by atoms with Gasteiger partial charge >= 0.3 is 0 Å². The van der Waals surface area contributed by atoms with Crippen molar-refractivity contribution < 1.29 is 0 Å². The number of allylic oxidation sites excluding steroid dienone is 2. The molecule has 2 nitrogen and oxygen atoms in total. The first kappa shape index (κ1) is 14.6. The van der Waals surface area contributed by atoms with E-state index in [1.165, 1.54) is 22.3 Å². The molecule has 2 aromatic carbocycles. The summed E-state index contributed by atoms with van der Waals surface area (Å²) in [5.41, 5.74) is 17.7. The highest BCUT2D eigenvalue weighted by Crippen LogP contribution is 2.35. The number of aryl methyl sites for hydroxylation is 1. The van der Waals surface area contributed by atoms with E-state index in [4.69, 9.17) is 11.5 Å². The average Bonchev–Trinajstić information content (AvgIpc) is 2.51. The fourth-order valence-corrected chi connectivity index (χ4v) is 2.98. The Hall–Kier alpha value is -2.32. The summed E-state index contributed by atoms with van der Waals surface area (Å²) in [4.78, 5) is 0. The van der Waals surface area contributed by atoms with Gasteiger partial charge in [-0.25, -0.2) is 0 Å². The maximum atomic E-state index is 5.97. The molecule has 2 aromatic rings. The predicted octanol–water partition coefficient (Wildman–Crippen LogP) is 3.92. The fraction of sp³-hybridized carbons (Fsp3) is 0.200. The first-order chi connectivity index (χ1) is 10.6. The van der Waals surface area contributed by atoms with Crippen LogP contribution in [0, 0.1) is 6.92 Å². The van der Waals surface area contributed by atoms with Crippen molar-refractivity contribution in [3.05, 3.63) is 89.0 Å². The van der Waals surface area contributed by atoms with Crippen LogP contribution < -0.4 is 11.5 Å². The quantitative estimate of drug-likeness (QED) is 0.842. The molecule has 0 aromatic heterocycles. The number of nitrogens with two attached hydrogens (primary N) is 2. The average molecular weight is 290 g/mol. The second-order valence-electron chi connectivity index (χ2n) is 5.98. The Bertz CT molecular complexity index is 711. The summed E-state index contributed by atoms with van der Waals surface area (Å²) in [5.74, 6) is 0.226. The van der Waals surface area contributed by atoms with Crippen LogP contribution in [0.5, 0.6) is 0 Å². The summed E-state index contributed by atoms with van der Waals surface area (Å²) in [5, 5.41) is 0. The molecule has 2 atom stereocenters. The van der Waals surface area contributed by atoms with Crippen molar-refractivity contribution in [2.24, 2.45) is 5.73 Å². The molecule has 2 heteroatoms. The lowest BCUT2D eigenvalue weighted by atomic mass is 9.82. The van der Waals surface area contributed by atoms with E-state index in [-0.39, 0.29) is 12.0 Å². The van der Waals surface area contributed by atoms with Crippen LogP contribution in [0.4, 0.5) is 5.69 Å². The smallest absolute Gasteiger partial charge is 0.0336 e. The molecule has 1 aliphatic carbocycles. The molecule has 112 valence electrons. The summed E-state index contributed by atoms with van der Waals surface area (Å²) < 4.78 is 0. The van der Waals surface area contributed by atoms with Crippen LogP contribution in [-0.4, -0.2) is 6.04 Å². The van der Waals surface area contributed by atoms with Gasteiger partial charge in [0.1, 0.15) is 0 Å². The van der Waals surface area contributed by atoms with E-state index in [0.29, 0.717) is 0 Å². The summed E-state index contributed by atoms with van der Waals surface area (Å²) in [7, 11) is 0. The third-order valence-electron chi connectivity index (χ3n) is 4.14. The monoisotopic (exact) mass is 290 g/mol. The minimum absolute atomic E-state index is 0.133. The third kappa shape index (κ3) is 3.12. The Balaban J connectivity index is 2.06. The Morgan fingerprint density at radius 1 is 1.05 bits per heavy atom. The normalized spacial score (nSPS) is 18.8. The zero-order valence-corrected chi connectivity index (χ0v) is 12.9. The van der Waals surface area contributed by atoms with Crippen molar-refractivity contribution >= 4 is 5.69 Å². The topological polar surface area (TPSA) is 52.0 Å². The maximum Gasteiger partial charge on any atom is 0.0336 e. The molecule has 0 saturated heterocycles. The largest absolute Gasteiger partial charge is 0.399 e. The second kappa shape index (κ2) is 6.20. The molecule has 4 N–H and O–H groups in total. The lowest BCUT2D eigenvalue weighted by molar-refractivity contribution is 0.801. The number of anilines is 1. The van der Waals surface area contributed by atoms with E-state index in [1.807, 2.05) is 12.1 Å². The molecule has 0 amide bonds. The highest BCUT2D eigenvalue weighted by atomic mass is 14.6. The Morgan fingerprint density at radius 2 is 1.82 bits per heavy atom. The van der Waals surface area contributed by atoms with Gasteiger partial charge in [-0.15, -0.1) is 0 Å². The second-order valence-corrected chi connectivity index (χ2v) is 5.98. The number of hydrogen-bond donors (Lipinski definition) is 2. The molecule has 1 aliphatic rings. The molecule has 22 heavy (non-hydrogen) atoms. The molecule has 0 heterocycles. The Kier molecular flexibility index (Phi) is 4.12. The first-order valence-corrected chi connectivity index (χ1v) is 7.69. The van der Waals surface area contributed by atoms with Gasteiger partial charge in [-0.05, 0) is 42.2 Å². The van der Waals surface area contributed by atoms with Gasteiger partial charge < -0.3 is 11.5 Å². The molecule has 0 aliphatic heterocycles. The highest BCUT2D eigenvalue weighted by molar-refractivity contribution is 5.50. The highest BCUT2D eigenvalue weighted by Gasteiger charge is 2.19. The van der Waals surface area contributed by atoms with E-state index < -0.39 is 0 Å². The molecular weight excluding hydrogens is 268 g/mol. The molecule has 0 bridgehead atoms. The standard InChI is InChI=1S/C20H22N2/c1-14-3-2-4-17(13-14)20(15-5-9-18(21)10-6-15)16-7-11-19(22)12-8-16/h2-11,13,19-20H,12,21-22H2,1H3. The summed E-state index contributed by atoms with van der Waals surface area (Å²) in [6.07, 6.45) is 7.41. The summed E-state index contributed by atoms with van der Waals surface area (Å²) >= 11 is 0. The predicted molar refractivity (Wildman–Crippen MR) is 93.7 cm³/mol. The van der Waals surface area contributed by atoms with Crippen molar-refractivity contribution in [1.82, 2.24) is 0 Å². The van der Waals surface area contributed by atoms with E-state index in [1.54, 1.807) is 0 Å². The molecular formula is C20H22N2. The van der Waals surface area contributed by atoms with E-state index in [9.17, 15) is 0 Å². The van der Waals surface area contributed by atoms with Crippen LogP contribution in [-0.2, 0) is 0 Å². The lowest BCUT2D eigenvalue weighted by Gasteiger charge is -2.23. The van der Waals surface area contributed by atoms with Gasteiger partial charge in [0.15, 0.2) is 0 Å². The van der Waals surface area contributed by atoms with Crippen molar-refractivity contribution in [3.8, 4) is 0 Å². The summed E-state index contributed by atoms with van der Waals surface area (Å²) in [6, 6.07) is 17.0. The van der Waals surface area contributed by atoms with Crippen LogP contribution in [0.25, 0.3) is 0 Å². The maximum absolute atomic E-state index is 5.97. The zero-order valence-electron chi connectivity index (χ0n) is 12.9. The SMILES string of the molecule is Cc1cccc(C(C2=CCC(N)C=C2)c2ccc(N)cc2)c1. The zero-order chi connectivity index (χ0) is 15.5. The van der Waals surface area contributed by atoms with E-state index >= 15 is 0 Å². The van der Waals surface area contributed by atoms with E-state index in [0.717, 1.165) is 12.1 Å². The number of benzene rings is 2. The summed E-state index contributed by atoms with van der Waals surface area (Å²) in [6.45, 7) is 2.13. The van der Waals surface area contributed by atoms with Gasteiger partial charge in [-0.3, -0.25) is 0 Å². The third-order valence-corrected chi connectivity index (χ3v) is 4.14. The number of nitrogen functional groups attached to an aromatic ring is 1. The van der Waals surface area contributed by atoms with Crippen LogP contribution in [0.2, 0.25) is 0 Å². The van der Waals surface area contributed by atoms with Gasteiger partial charge in [-0.1, -0.05) is 60.2 Å². The van der Waals surface area contributed by atoms with Gasteiger partial charge in [0.25, 0.3) is 0 Å². The van der Waals surface area contributed by atoms with Gasteiger partial charge in [0.05, 0.1) is 0 Å². The van der Waals surface area contributed by atoms with Gasteiger partial charge in [0, 0.05) is 17.6 Å². The molecule has 3 rings (SSSR count). The van der Waals surface area contributed by atoms with Crippen molar-refractivity contribution in [1.29, 1.82) is 0 Å². The van der Waals surface area contributed by atoms with Gasteiger partial charge in [-0.2, -0.15) is 0 Å². The van der Waals surface area contributed by atoms with Crippen LogP contribution >= 0.6 is 0 Å². The minimum Gasteiger partial charge on any atom is -0.399 e. The Morgan fingerprint density at radius 3 is 2.45 bits per heavy atom. The van der Waals surface area contributed by atoms with Crippen molar-refractivity contribution in [2.45, 2.75) is 25.3 Å². The lowest BCUT2D eigenvalue weighted by Crippen LogP contribution is -2.19. The van der Waals surface area contributed by atoms with E-state index in [2.05, 4.69) is 61.5 Å². The van der Waals surface area contributed by atoms with Crippen molar-refractivity contribution in [2.75, 3.05) is 5.73 Å². The first-order valence-electron chi connectivity index (χ1n) is 7.69. The number of rotatable bonds is 3. The van der Waals surface area contributed by atoms with Crippen LogP contribution in [0.3, 0.4) is 0 Å². The number of hydrogen-bond acceptors (Lipinski definition) is 2. The molecule has 0 fully saturated rings. The molecule has 0 spiro atoms. The molecule has 2 unspecified atom stereocenters. The molecule has 0 saturated carbocycles. The fourth-order valence-electron chi connectivity index (χ4n) is 2.98.